The van der Waals surface area contributed by atoms with Gasteiger partial charge in [-0.05, 0) is 112 Å². The summed E-state index contributed by atoms with van der Waals surface area (Å²) in [6.45, 7) is 18.2. The van der Waals surface area contributed by atoms with E-state index in [1.54, 1.807) is 0 Å². The molecule has 29 heavy (non-hydrogen) atoms. The summed E-state index contributed by atoms with van der Waals surface area (Å²) in [4.78, 5) is 7.69. The topological polar surface area (TPSA) is 9.72 Å². The lowest BCUT2D eigenvalue weighted by Crippen LogP contribution is -2.37. The Bertz CT molecular complexity index is 361. The summed E-state index contributed by atoms with van der Waals surface area (Å²) in [6, 6.07) is 2.55. The monoisotopic (exact) mass is 409 g/mol. The van der Waals surface area contributed by atoms with Crippen LogP contribution >= 0.6 is 0 Å². The zero-order valence-electron chi connectivity index (χ0n) is 21.1. The molecule has 0 amide bonds. The van der Waals surface area contributed by atoms with Gasteiger partial charge in [-0.25, -0.2) is 0 Å². The standard InChI is InChI=1S/C10H21N.C9H19N.C7H15N/c1-3-4-8-11-9-6-5-7-10(11)2;1-3-7-10-8-5-4-6-9(10)2;1-7-5-3-4-6-8(7)2/h10H,3-9H2,1-2H3;9H,3-8H2,1-2H3;7H,3-6H2,1-2H3. The fourth-order valence-electron chi connectivity index (χ4n) is 4.87. The van der Waals surface area contributed by atoms with Gasteiger partial charge in [-0.1, -0.05) is 39.5 Å². The second-order valence-corrected chi connectivity index (χ2v) is 9.94. The number of nitrogens with zero attached hydrogens (tertiary/aromatic N) is 3. The van der Waals surface area contributed by atoms with Crippen molar-refractivity contribution in [3.63, 3.8) is 0 Å². The molecule has 0 N–H and O–H groups in total. The van der Waals surface area contributed by atoms with Gasteiger partial charge in [0, 0.05) is 18.1 Å². The van der Waals surface area contributed by atoms with Crippen molar-refractivity contribution in [1.82, 2.24) is 14.7 Å². The van der Waals surface area contributed by atoms with Crippen molar-refractivity contribution in [3.8, 4) is 0 Å². The minimum atomic E-state index is 0.837. The van der Waals surface area contributed by atoms with Gasteiger partial charge < -0.3 is 14.7 Å². The Kier molecular flexibility index (Phi) is 15.4. The number of hydrogen-bond donors (Lipinski definition) is 0. The van der Waals surface area contributed by atoms with Crippen LogP contribution in [-0.4, -0.2) is 72.6 Å². The van der Waals surface area contributed by atoms with E-state index in [0.29, 0.717) is 0 Å². The van der Waals surface area contributed by atoms with Crippen molar-refractivity contribution in [2.75, 3.05) is 39.8 Å². The van der Waals surface area contributed by atoms with Crippen molar-refractivity contribution < 1.29 is 0 Å². The van der Waals surface area contributed by atoms with Crippen molar-refractivity contribution in [3.05, 3.63) is 0 Å². The fraction of sp³-hybridized carbons (Fsp3) is 1.00. The molecule has 3 atom stereocenters. The molecule has 0 saturated carbocycles. The van der Waals surface area contributed by atoms with E-state index in [1.165, 1.54) is 110 Å². The third-order valence-corrected chi connectivity index (χ3v) is 7.33. The Labute approximate surface area is 184 Å². The predicted octanol–water partition coefficient (Wildman–Crippen LogP) is 6.42. The van der Waals surface area contributed by atoms with E-state index in [9.17, 15) is 0 Å². The molecule has 3 unspecified atom stereocenters. The second-order valence-electron chi connectivity index (χ2n) is 9.94. The molecule has 0 aromatic carbocycles. The van der Waals surface area contributed by atoms with Gasteiger partial charge in [-0.3, -0.25) is 0 Å². The fourth-order valence-corrected chi connectivity index (χ4v) is 4.87. The van der Waals surface area contributed by atoms with Crippen LogP contribution in [0.4, 0.5) is 0 Å². The van der Waals surface area contributed by atoms with Crippen molar-refractivity contribution >= 4 is 0 Å². The first-order valence-corrected chi connectivity index (χ1v) is 13.2. The molecule has 3 aliphatic heterocycles. The molecule has 3 fully saturated rings. The van der Waals surface area contributed by atoms with E-state index in [1.807, 2.05) is 0 Å². The first-order chi connectivity index (χ1) is 14.0. The van der Waals surface area contributed by atoms with Crippen LogP contribution in [0.15, 0.2) is 0 Å². The number of unbranched alkanes of at least 4 members (excludes halogenated alkanes) is 1. The lowest BCUT2D eigenvalue weighted by Gasteiger charge is -2.33. The Hall–Kier alpha value is -0.120. The molecule has 3 saturated heterocycles. The molecule has 0 aromatic heterocycles. The van der Waals surface area contributed by atoms with Gasteiger partial charge in [0.05, 0.1) is 0 Å². The summed E-state index contributed by atoms with van der Waals surface area (Å²) in [6.07, 6.45) is 16.8. The summed E-state index contributed by atoms with van der Waals surface area (Å²) in [5.41, 5.74) is 0. The number of hydrogen-bond acceptors (Lipinski definition) is 3. The van der Waals surface area contributed by atoms with E-state index in [2.05, 4.69) is 56.4 Å². The first kappa shape index (κ1) is 26.9. The average molecular weight is 410 g/mol. The maximum Gasteiger partial charge on any atom is 0.00669 e. The SMILES string of the molecule is CC1CCCCN1C.CCCCN1CCCCC1C.CCCN1CCCCC1C. The van der Waals surface area contributed by atoms with Crippen LogP contribution in [0.1, 0.15) is 112 Å². The van der Waals surface area contributed by atoms with E-state index in [-0.39, 0.29) is 0 Å². The summed E-state index contributed by atoms with van der Waals surface area (Å²) >= 11 is 0. The first-order valence-electron chi connectivity index (χ1n) is 13.2. The van der Waals surface area contributed by atoms with Gasteiger partial charge in [0.1, 0.15) is 0 Å². The third kappa shape index (κ3) is 11.7. The quantitative estimate of drug-likeness (QED) is 0.518. The van der Waals surface area contributed by atoms with Gasteiger partial charge in [-0.15, -0.1) is 0 Å². The molecule has 0 spiro atoms. The zero-order chi connectivity index (χ0) is 21.5. The summed E-state index contributed by atoms with van der Waals surface area (Å²) in [5.74, 6) is 0. The summed E-state index contributed by atoms with van der Waals surface area (Å²) in [7, 11) is 2.21. The van der Waals surface area contributed by atoms with Gasteiger partial charge in [0.25, 0.3) is 0 Å². The second kappa shape index (κ2) is 16.6. The van der Waals surface area contributed by atoms with E-state index in [4.69, 9.17) is 0 Å². The van der Waals surface area contributed by atoms with Crippen LogP contribution in [0.3, 0.4) is 0 Å². The number of rotatable bonds is 5. The lowest BCUT2D eigenvalue weighted by atomic mass is 10.0. The Morgan fingerprint density at radius 3 is 1.45 bits per heavy atom. The molecule has 0 aromatic rings. The van der Waals surface area contributed by atoms with E-state index >= 15 is 0 Å². The molecule has 3 nitrogen and oxygen atoms in total. The minimum Gasteiger partial charge on any atom is -0.304 e. The molecular formula is C26H55N3. The molecule has 3 aliphatic rings. The third-order valence-electron chi connectivity index (χ3n) is 7.33. The normalized spacial score (nSPS) is 29.4. The van der Waals surface area contributed by atoms with Crippen LogP contribution in [0.5, 0.6) is 0 Å². The van der Waals surface area contributed by atoms with Gasteiger partial charge in [0.15, 0.2) is 0 Å². The number of likely N-dealkylation sites (tertiary alicyclic amines) is 3. The molecule has 3 heteroatoms. The van der Waals surface area contributed by atoms with Crippen molar-refractivity contribution in [2.24, 2.45) is 0 Å². The van der Waals surface area contributed by atoms with Crippen LogP contribution < -0.4 is 0 Å². The van der Waals surface area contributed by atoms with E-state index < -0.39 is 0 Å². The van der Waals surface area contributed by atoms with Gasteiger partial charge in [0.2, 0.25) is 0 Å². The Morgan fingerprint density at radius 1 is 0.586 bits per heavy atom. The highest BCUT2D eigenvalue weighted by Crippen LogP contribution is 2.17. The van der Waals surface area contributed by atoms with Gasteiger partial charge in [-0.2, -0.15) is 0 Å². The smallest absolute Gasteiger partial charge is 0.00669 e. The number of piperidine rings is 3. The summed E-state index contributed by atoms with van der Waals surface area (Å²) in [5, 5.41) is 0. The van der Waals surface area contributed by atoms with Crippen LogP contribution in [0.25, 0.3) is 0 Å². The van der Waals surface area contributed by atoms with Gasteiger partial charge >= 0.3 is 0 Å². The van der Waals surface area contributed by atoms with Crippen molar-refractivity contribution in [2.45, 2.75) is 130 Å². The molecule has 3 rings (SSSR count). The largest absolute Gasteiger partial charge is 0.304 e. The lowest BCUT2D eigenvalue weighted by molar-refractivity contribution is 0.158. The molecule has 0 radical (unpaired) electrons. The molecule has 0 aliphatic carbocycles. The van der Waals surface area contributed by atoms with Crippen molar-refractivity contribution in [1.29, 1.82) is 0 Å². The molecular weight excluding hydrogens is 354 g/mol. The summed E-state index contributed by atoms with van der Waals surface area (Å²) < 4.78 is 0. The van der Waals surface area contributed by atoms with Crippen LogP contribution in [-0.2, 0) is 0 Å². The zero-order valence-corrected chi connectivity index (χ0v) is 21.1. The van der Waals surface area contributed by atoms with E-state index in [0.717, 1.165) is 18.1 Å². The Morgan fingerprint density at radius 2 is 1.07 bits per heavy atom. The highest BCUT2D eigenvalue weighted by atomic mass is 15.2. The highest BCUT2D eigenvalue weighted by Gasteiger charge is 2.17. The maximum atomic E-state index is 2.65. The highest BCUT2D eigenvalue weighted by molar-refractivity contribution is 4.73. The minimum absolute atomic E-state index is 0.837. The van der Waals surface area contributed by atoms with Crippen LogP contribution in [0.2, 0.25) is 0 Å². The molecule has 3 heterocycles. The molecule has 174 valence electrons. The average Bonchev–Trinajstić information content (AvgIpc) is 2.73. The Balaban J connectivity index is 0.000000220. The maximum absolute atomic E-state index is 2.65. The van der Waals surface area contributed by atoms with Crippen LogP contribution in [0, 0.1) is 0 Å². The molecule has 0 bridgehead atoms. The predicted molar refractivity (Wildman–Crippen MR) is 131 cm³/mol.